The average Bonchev–Trinajstić information content (AvgIpc) is 3.08. The van der Waals surface area contributed by atoms with E-state index in [2.05, 4.69) is 31.0 Å². The van der Waals surface area contributed by atoms with Crippen LogP contribution in [0.15, 0.2) is 47.6 Å². The van der Waals surface area contributed by atoms with Crippen LogP contribution in [0.25, 0.3) is 0 Å². The van der Waals surface area contributed by atoms with Gasteiger partial charge in [-0.25, -0.2) is 0 Å². The number of methoxy groups -OCH3 is 1. The minimum absolute atomic E-state index is 0.0515. The summed E-state index contributed by atoms with van der Waals surface area (Å²) in [7, 11) is 1.68. The molecule has 0 spiro atoms. The van der Waals surface area contributed by atoms with Gasteiger partial charge in [-0.15, -0.1) is 0 Å². The molecule has 0 aliphatic carbocycles. The van der Waals surface area contributed by atoms with Crippen LogP contribution in [0.5, 0.6) is 11.5 Å². The van der Waals surface area contributed by atoms with E-state index in [9.17, 15) is 0 Å². The maximum atomic E-state index is 6.27. The molecule has 5 heteroatoms. The highest BCUT2D eigenvalue weighted by Crippen LogP contribution is 2.45. The summed E-state index contributed by atoms with van der Waals surface area (Å²) >= 11 is 6.25. The molecule has 4 nitrogen and oxygen atoms in total. The molecule has 2 aromatic rings. The number of hydrogen-bond acceptors (Lipinski definition) is 4. The first-order valence-electron chi connectivity index (χ1n) is 9.01. The van der Waals surface area contributed by atoms with Gasteiger partial charge in [0.05, 0.1) is 18.9 Å². The van der Waals surface area contributed by atoms with Gasteiger partial charge in [0, 0.05) is 23.4 Å². The molecule has 26 heavy (non-hydrogen) atoms. The predicted molar refractivity (Wildman–Crippen MR) is 104 cm³/mol. The van der Waals surface area contributed by atoms with E-state index in [1.807, 2.05) is 30.3 Å². The Morgan fingerprint density at radius 2 is 2.00 bits per heavy atom. The number of hydrazone groups is 1. The van der Waals surface area contributed by atoms with Crippen LogP contribution in [0, 0.1) is 5.92 Å². The van der Waals surface area contributed by atoms with Crippen molar-refractivity contribution < 1.29 is 9.47 Å². The topological polar surface area (TPSA) is 34.1 Å². The van der Waals surface area contributed by atoms with Crippen molar-refractivity contribution in [3.63, 3.8) is 0 Å². The monoisotopic (exact) mass is 370 g/mol. The maximum Gasteiger partial charge on any atom is 0.188 e. The first-order valence-corrected chi connectivity index (χ1v) is 9.39. The van der Waals surface area contributed by atoms with Crippen LogP contribution in [0.4, 0.5) is 0 Å². The second-order valence-electron chi connectivity index (χ2n) is 7.26. The standard InChI is InChI=1S/C21H23ClN2O2/c1-13(2)10-21-24-19(17-11-15(22)6-9-20(17)26-21)12-18(23-24)14-4-7-16(25-3)8-5-14/h4-9,11,13,19,21H,10,12H2,1-3H3/t19-,21-/m0/s1. The molecule has 2 heterocycles. The van der Waals surface area contributed by atoms with Crippen molar-refractivity contribution in [3.05, 3.63) is 58.6 Å². The van der Waals surface area contributed by atoms with Crippen molar-refractivity contribution in [2.75, 3.05) is 7.11 Å². The molecule has 0 saturated carbocycles. The van der Waals surface area contributed by atoms with Gasteiger partial charge in [-0.3, -0.25) is 5.01 Å². The highest BCUT2D eigenvalue weighted by Gasteiger charge is 2.40. The Balaban J connectivity index is 1.70. The number of fused-ring (bicyclic) bond motifs is 3. The summed E-state index contributed by atoms with van der Waals surface area (Å²) < 4.78 is 11.5. The van der Waals surface area contributed by atoms with Crippen LogP contribution in [0.2, 0.25) is 5.02 Å². The fourth-order valence-corrected chi connectivity index (χ4v) is 3.83. The number of benzene rings is 2. The van der Waals surface area contributed by atoms with E-state index in [4.69, 9.17) is 26.2 Å². The van der Waals surface area contributed by atoms with Crippen LogP contribution >= 0.6 is 11.6 Å². The molecule has 2 aliphatic heterocycles. The van der Waals surface area contributed by atoms with Crippen molar-refractivity contribution >= 4 is 17.3 Å². The summed E-state index contributed by atoms with van der Waals surface area (Å²) in [5.41, 5.74) is 3.31. The zero-order valence-corrected chi connectivity index (χ0v) is 16.0. The van der Waals surface area contributed by atoms with E-state index in [1.54, 1.807) is 7.11 Å². The largest absolute Gasteiger partial charge is 0.497 e. The lowest BCUT2D eigenvalue weighted by Crippen LogP contribution is -2.41. The predicted octanol–water partition coefficient (Wildman–Crippen LogP) is 5.26. The van der Waals surface area contributed by atoms with Gasteiger partial charge in [-0.05, 0) is 53.9 Å². The summed E-state index contributed by atoms with van der Waals surface area (Å²) in [6, 6.07) is 14.1. The van der Waals surface area contributed by atoms with E-state index >= 15 is 0 Å². The Labute approximate surface area is 159 Å². The Bertz CT molecular complexity index is 832. The number of halogens is 1. The molecular weight excluding hydrogens is 348 g/mol. The third kappa shape index (κ3) is 3.14. The molecule has 2 atom stereocenters. The van der Waals surface area contributed by atoms with Crippen LogP contribution < -0.4 is 9.47 Å². The Kier molecular flexibility index (Phi) is 4.53. The minimum Gasteiger partial charge on any atom is -0.497 e. The lowest BCUT2D eigenvalue weighted by Gasteiger charge is -2.38. The van der Waals surface area contributed by atoms with Crippen molar-refractivity contribution in [3.8, 4) is 11.5 Å². The van der Waals surface area contributed by atoms with Crippen molar-refractivity contribution in [2.24, 2.45) is 11.0 Å². The van der Waals surface area contributed by atoms with Gasteiger partial charge in [0.1, 0.15) is 11.5 Å². The van der Waals surface area contributed by atoms with E-state index in [0.29, 0.717) is 5.92 Å². The highest BCUT2D eigenvalue weighted by molar-refractivity contribution is 6.30. The van der Waals surface area contributed by atoms with Gasteiger partial charge in [-0.2, -0.15) is 5.10 Å². The maximum absolute atomic E-state index is 6.27. The summed E-state index contributed by atoms with van der Waals surface area (Å²) in [5, 5.41) is 7.79. The fourth-order valence-electron chi connectivity index (χ4n) is 3.65. The molecular formula is C21H23ClN2O2. The molecule has 0 fully saturated rings. The van der Waals surface area contributed by atoms with Gasteiger partial charge in [-0.1, -0.05) is 25.4 Å². The van der Waals surface area contributed by atoms with Gasteiger partial charge < -0.3 is 9.47 Å². The molecule has 0 bridgehead atoms. The molecule has 0 N–H and O–H groups in total. The average molecular weight is 371 g/mol. The van der Waals surface area contributed by atoms with Crippen LogP contribution in [0.1, 0.15) is 43.9 Å². The molecule has 4 rings (SSSR count). The molecule has 2 aromatic carbocycles. The first-order chi connectivity index (χ1) is 12.5. The summed E-state index contributed by atoms with van der Waals surface area (Å²) in [6.45, 7) is 4.42. The van der Waals surface area contributed by atoms with Crippen LogP contribution in [0.3, 0.4) is 0 Å². The Morgan fingerprint density at radius 3 is 2.69 bits per heavy atom. The van der Waals surface area contributed by atoms with Crippen LogP contribution in [-0.4, -0.2) is 24.1 Å². The number of rotatable bonds is 4. The van der Waals surface area contributed by atoms with E-state index in [1.165, 1.54) is 0 Å². The first kappa shape index (κ1) is 17.2. The summed E-state index contributed by atoms with van der Waals surface area (Å²) in [5.74, 6) is 2.30. The van der Waals surface area contributed by atoms with Crippen molar-refractivity contribution in [1.29, 1.82) is 0 Å². The normalized spacial score (nSPS) is 21.1. The van der Waals surface area contributed by atoms with Gasteiger partial charge in [0.25, 0.3) is 0 Å². The van der Waals surface area contributed by atoms with E-state index < -0.39 is 0 Å². The van der Waals surface area contributed by atoms with Gasteiger partial charge >= 0.3 is 0 Å². The minimum atomic E-state index is -0.0515. The van der Waals surface area contributed by atoms with Gasteiger partial charge in [0.15, 0.2) is 6.23 Å². The lowest BCUT2D eigenvalue weighted by atomic mass is 9.95. The second-order valence-corrected chi connectivity index (χ2v) is 7.70. The van der Waals surface area contributed by atoms with E-state index in [-0.39, 0.29) is 12.3 Å². The molecule has 0 saturated heterocycles. The Hall–Kier alpha value is -2.20. The zero-order chi connectivity index (χ0) is 18.3. The highest BCUT2D eigenvalue weighted by atomic mass is 35.5. The second kappa shape index (κ2) is 6.84. The molecule has 0 aromatic heterocycles. The smallest absolute Gasteiger partial charge is 0.188 e. The lowest BCUT2D eigenvalue weighted by molar-refractivity contribution is -0.0291. The Morgan fingerprint density at radius 1 is 1.23 bits per heavy atom. The van der Waals surface area contributed by atoms with Crippen LogP contribution in [-0.2, 0) is 0 Å². The SMILES string of the molecule is COc1ccc(C2=NN3[C@H](CC(C)C)Oc4ccc(Cl)cc4[C@@H]3C2)cc1. The molecule has 136 valence electrons. The quantitative estimate of drug-likeness (QED) is 0.735. The fraction of sp³-hybridized carbons (Fsp3) is 0.381. The third-order valence-electron chi connectivity index (χ3n) is 4.93. The summed E-state index contributed by atoms with van der Waals surface area (Å²) in [4.78, 5) is 0. The third-order valence-corrected chi connectivity index (χ3v) is 5.16. The number of nitrogens with zero attached hydrogens (tertiary/aromatic N) is 2. The molecule has 2 aliphatic rings. The number of ether oxygens (including phenoxy) is 2. The number of hydrogen-bond donors (Lipinski definition) is 0. The van der Waals surface area contributed by atoms with Crippen molar-refractivity contribution in [1.82, 2.24) is 5.01 Å². The van der Waals surface area contributed by atoms with E-state index in [0.717, 1.165) is 46.2 Å². The molecule has 0 radical (unpaired) electrons. The van der Waals surface area contributed by atoms with Gasteiger partial charge in [0.2, 0.25) is 0 Å². The summed E-state index contributed by atoms with van der Waals surface area (Å²) in [6.07, 6.45) is 1.72. The zero-order valence-electron chi connectivity index (χ0n) is 15.3. The van der Waals surface area contributed by atoms with Crippen molar-refractivity contribution in [2.45, 2.75) is 39.0 Å². The molecule has 0 amide bonds. The molecule has 0 unspecified atom stereocenters.